The predicted octanol–water partition coefficient (Wildman–Crippen LogP) is 4.94. The second-order valence-corrected chi connectivity index (χ2v) is 9.45. The Kier molecular flexibility index (Phi) is 10.1. The van der Waals surface area contributed by atoms with E-state index < -0.39 is 5.97 Å². The molecule has 1 unspecified atom stereocenters. The third kappa shape index (κ3) is 7.68. The molecule has 170 valence electrons. The molecular formula is C23H32BrN3O3S. The second kappa shape index (κ2) is 12.3. The van der Waals surface area contributed by atoms with Crippen LogP contribution in [0.4, 0.5) is 0 Å². The predicted molar refractivity (Wildman–Crippen MR) is 130 cm³/mol. The van der Waals surface area contributed by atoms with Crippen molar-refractivity contribution in [2.45, 2.75) is 59.5 Å². The number of hydrogen-bond donors (Lipinski definition) is 3. The van der Waals surface area contributed by atoms with Crippen molar-refractivity contribution in [2.24, 2.45) is 11.8 Å². The van der Waals surface area contributed by atoms with E-state index in [4.69, 9.17) is 4.98 Å². The number of imidazole rings is 1. The first-order chi connectivity index (χ1) is 14.7. The van der Waals surface area contributed by atoms with E-state index in [1.54, 1.807) is 6.07 Å². The molecule has 0 bridgehead atoms. The normalized spacial score (nSPS) is 12.2. The molecule has 1 heterocycles. The van der Waals surface area contributed by atoms with Crippen LogP contribution >= 0.6 is 28.6 Å². The molecule has 1 atom stereocenters. The standard InChI is InChI=1S/C23H32BrN3O3S/c1-4-5-6-21-26-18(11-25-22(28)17(14-31)9-15(2)3)13-27(21)12-16-7-8-19(23(29)30)20(24)10-16/h7-8,10,13,15,17,31H,4-6,9,11-12,14H2,1-3H3,(H,25,28)(H,29,30). The molecule has 1 aromatic carbocycles. The summed E-state index contributed by atoms with van der Waals surface area (Å²) in [6.07, 6.45) is 5.73. The molecule has 8 heteroatoms. The van der Waals surface area contributed by atoms with E-state index in [-0.39, 0.29) is 17.4 Å². The SMILES string of the molecule is CCCCc1nc(CNC(=O)C(CS)CC(C)C)cn1Cc1ccc(C(=O)O)c(Br)c1. The molecule has 0 aliphatic heterocycles. The maximum absolute atomic E-state index is 12.5. The molecule has 0 radical (unpaired) electrons. The van der Waals surface area contributed by atoms with Crippen molar-refractivity contribution < 1.29 is 14.7 Å². The number of nitrogens with one attached hydrogen (secondary N) is 1. The molecule has 6 nitrogen and oxygen atoms in total. The Hall–Kier alpha value is -1.80. The zero-order valence-electron chi connectivity index (χ0n) is 18.4. The number of nitrogens with zero attached hydrogens (tertiary/aromatic N) is 2. The number of carboxylic acids is 1. The molecule has 0 saturated heterocycles. The van der Waals surface area contributed by atoms with Crippen LogP contribution in [0.15, 0.2) is 28.9 Å². The second-order valence-electron chi connectivity index (χ2n) is 8.23. The van der Waals surface area contributed by atoms with Crippen molar-refractivity contribution in [2.75, 3.05) is 5.75 Å². The Morgan fingerprint density at radius 3 is 2.65 bits per heavy atom. The summed E-state index contributed by atoms with van der Waals surface area (Å²) in [6, 6.07) is 5.26. The highest BCUT2D eigenvalue weighted by molar-refractivity contribution is 9.10. The minimum absolute atomic E-state index is 0.0153. The van der Waals surface area contributed by atoms with Crippen LogP contribution in [0.3, 0.4) is 0 Å². The zero-order chi connectivity index (χ0) is 23.0. The lowest BCUT2D eigenvalue weighted by atomic mass is 9.98. The topological polar surface area (TPSA) is 84.2 Å². The minimum Gasteiger partial charge on any atom is -0.478 e. The quantitative estimate of drug-likeness (QED) is 0.353. The molecule has 0 aliphatic rings. The van der Waals surface area contributed by atoms with Gasteiger partial charge in [-0.1, -0.05) is 33.3 Å². The van der Waals surface area contributed by atoms with Gasteiger partial charge in [-0.3, -0.25) is 4.79 Å². The van der Waals surface area contributed by atoms with Crippen molar-refractivity contribution in [1.82, 2.24) is 14.9 Å². The van der Waals surface area contributed by atoms with Crippen molar-refractivity contribution in [3.63, 3.8) is 0 Å². The Morgan fingerprint density at radius 2 is 2.06 bits per heavy atom. The Labute approximate surface area is 198 Å². The lowest BCUT2D eigenvalue weighted by Crippen LogP contribution is -2.32. The molecule has 1 amide bonds. The average Bonchev–Trinajstić information content (AvgIpc) is 3.09. The van der Waals surface area contributed by atoms with Crippen LogP contribution in [0.1, 0.15) is 67.5 Å². The molecule has 1 aromatic heterocycles. The van der Waals surface area contributed by atoms with Gasteiger partial charge in [0.15, 0.2) is 0 Å². The van der Waals surface area contributed by atoms with Gasteiger partial charge in [0.05, 0.1) is 17.8 Å². The van der Waals surface area contributed by atoms with Gasteiger partial charge in [-0.2, -0.15) is 12.6 Å². The highest BCUT2D eigenvalue weighted by Gasteiger charge is 2.19. The molecule has 0 fully saturated rings. The first-order valence-corrected chi connectivity index (χ1v) is 12.1. The molecule has 0 spiro atoms. The molecule has 31 heavy (non-hydrogen) atoms. The summed E-state index contributed by atoms with van der Waals surface area (Å²) in [5.74, 6) is 0.893. The maximum Gasteiger partial charge on any atom is 0.336 e. The molecule has 0 saturated carbocycles. The van der Waals surface area contributed by atoms with Gasteiger partial charge in [-0.25, -0.2) is 9.78 Å². The Bertz CT molecular complexity index is 898. The molecule has 2 N–H and O–H groups in total. The van der Waals surface area contributed by atoms with E-state index in [1.165, 1.54) is 0 Å². The number of thiol groups is 1. The van der Waals surface area contributed by atoms with Crippen molar-refractivity contribution >= 4 is 40.4 Å². The highest BCUT2D eigenvalue weighted by Crippen LogP contribution is 2.20. The molecule has 2 aromatic rings. The molecule has 2 rings (SSSR count). The number of aromatic carboxylic acids is 1. The number of carbonyl (C=O) groups excluding carboxylic acids is 1. The van der Waals surface area contributed by atoms with Gasteiger partial charge in [0.25, 0.3) is 0 Å². The average molecular weight is 510 g/mol. The summed E-state index contributed by atoms with van der Waals surface area (Å²) in [6.45, 7) is 7.32. The number of halogens is 1. The van der Waals surface area contributed by atoms with Crippen LogP contribution in [0.5, 0.6) is 0 Å². The molecular weight excluding hydrogens is 478 g/mol. The van der Waals surface area contributed by atoms with Gasteiger partial charge >= 0.3 is 5.97 Å². The number of hydrogen-bond acceptors (Lipinski definition) is 4. The number of aryl methyl sites for hydroxylation is 1. The fraction of sp³-hybridized carbons (Fsp3) is 0.522. The smallest absolute Gasteiger partial charge is 0.336 e. The monoisotopic (exact) mass is 509 g/mol. The summed E-state index contributed by atoms with van der Waals surface area (Å²) >= 11 is 7.68. The Morgan fingerprint density at radius 1 is 1.32 bits per heavy atom. The largest absolute Gasteiger partial charge is 0.478 e. The van der Waals surface area contributed by atoms with E-state index in [1.807, 2.05) is 18.3 Å². The first kappa shape index (κ1) is 25.5. The van der Waals surface area contributed by atoms with Gasteiger partial charge in [-0.15, -0.1) is 0 Å². The van der Waals surface area contributed by atoms with E-state index in [2.05, 4.69) is 59.2 Å². The number of benzene rings is 1. The fourth-order valence-electron chi connectivity index (χ4n) is 3.45. The summed E-state index contributed by atoms with van der Waals surface area (Å²) < 4.78 is 2.65. The van der Waals surface area contributed by atoms with E-state index in [0.717, 1.165) is 42.8 Å². The van der Waals surface area contributed by atoms with Gasteiger partial charge in [0, 0.05) is 35.3 Å². The first-order valence-electron chi connectivity index (χ1n) is 10.7. The number of aromatic nitrogens is 2. The summed E-state index contributed by atoms with van der Waals surface area (Å²) in [4.78, 5) is 28.5. The van der Waals surface area contributed by atoms with Crippen LogP contribution in [0.25, 0.3) is 0 Å². The van der Waals surface area contributed by atoms with E-state index >= 15 is 0 Å². The zero-order valence-corrected chi connectivity index (χ0v) is 20.9. The van der Waals surface area contributed by atoms with Crippen LogP contribution in [0.2, 0.25) is 0 Å². The fourth-order valence-corrected chi connectivity index (χ4v) is 4.36. The Balaban J connectivity index is 2.14. The van der Waals surface area contributed by atoms with Crippen LogP contribution in [-0.2, 0) is 24.3 Å². The van der Waals surface area contributed by atoms with Crippen molar-refractivity contribution in [3.8, 4) is 0 Å². The number of rotatable bonds is 12. The minimum atomic E-state index is -0.959. The third-order valence-electron chi connectivity index (χ3n) is 5.07. The summed E-state index contributed by atoms with van der Waals surface area (Å²) in [5.41, 5.74) is 2.04. The highest BCUT2D eigenvalue weighted by atomic mass is 79.9. The number of carboxylic acid groups (broad SMARTS) is 1. The van der Waals surface area contributed by atoms with E-state index in [9.17, 15) is 14.7 Å². The van der Waals surface area contributed by atoms with Gasteiger partial charge in [0.2, 0.25) is 5.91 Å². The van der Waals surface area contributed by atoms with Gasteiger partial charge in [-0.05, 0) is 52.4 Å². The van der Waals surface area contributed by atoms with Gasteiger partial charge < -0.3 is 15.0 Å². The molecule has 0 aliphatic carbocycles. The van der Waals surface area contributed by atoms with Gasteiger partial charge in [0.1, 0.15) is 5.82 Å². The maximum atomic E-state index is 12.5. The number of amides is 1. The van der Waals surface area contributed by atoms with Crippen LogP contribution in [0, 0.1) is 11.8 Å². The third-order valence-corrected chi connectivity index (χ3v) is 6.17. The number of carbonyl (C=O) groups is 2. The number of unbranched alkanes of at least 4 members (excludes halogenated alkanes) is 1. The summed E-state index contributed by atoms with van der Waals surface area (Å²) in [5, 5.41) is 12.2. The van der Waals surface area contributed by atoms with Crippen molar-refractivity contribution in [1.29, 1.82) is 0 Å². The summed E-state index contributed by atoms with van der Waals surface area (Å²) in [7, 11) is 0. The van der Waals surface area contributed by atoms with Crippen molar-refractivity contribution in [3.05, 3.63) is 51.5 Å². The van der Waals surface area contributed by atoms with Crippen LogP contribution < -0.4 is 5.32 Å². The lowest BCUT2D eigenvalue weighted by molar-refractivity contribution is -0.124. The van der Waals surface area contributed by atoms with Crippen LogP contribution in [-0.4, -0.2) is 32.3 Å². The lowest BCUT2D eigenvalue weighted by Gasteiger charge is -2.16. The van der Waals surface area contributed by atoms with E-state index in [0.29, 0.717) is 29.2 Å².